The normalized spacial score (nSPS) is 11.1. The van der Waals surface area contributed by atoms with Crippen molar-refractivity contribution in [3.05, 3.63) is 38.4 Å². The number of nitrogens with zero attached hydrogens (tertiary/aromatic N) is 1. The van der Waals surface area contributed by atoms with Crippen LogP contribution >= 0.6 is 23.2 Å². The van der Waals surface area contributed by atoms with Crippen molar-refractivity contribution >= 4 is 33.2 Å². The van der Waals surface area contributed by atoms with Crippen LogP contribution < -0.4 is 4.83 Å². The van der Waals surface area contributed by atoms with Gasteiger partial charge in [0.2, 0.25) is 0 Å². The number of halogens is 2. The Labute approximate surface area is 95.0 Å². The fraction of sp³-hybridized carbons (Fsp3) is 0. The molecule has 0 radical (unpaired) electrons. The van der Waals surface area contributed by atoms with Crippen LogP contribution in [-0.2, 0) is 10.0 Å². The van der Waals surface area contributed by atoms with E-state index in [1.807, 2.05) is 0 Å². The van der Waals surface area contributed by atoms with Crippen LogP contribution in [0.15, 0.2) is 23.1 Å². The smallest absolute Gasteiger partial charge is 0.234 e. The van der Waals surface area contributed by atoms with Gasteiger partial charge in [-0.25, -0.2) is 10.1 Å². The molecule has 0 amide bonds. The molecule has 1 N–H and O–H groups in total. The van der Waals surface area contributed by atoms with Crippen LogP contribution in [0.5, 0.6) is 0 Å². The first-order valence-electron chi connectivity index (χ1n) is 3.44. The van der Waals surface area contributed by atoms with E-state index >= 15 is 0 Å². The lowest BCUT2D eigenvalue weighted by molar-refractivity contribution is -0.518. The largest absolute Gasteiger partial charge is 0.311 e. The minimum absolute atomic E-state index is 0.0752. The number of hydrogen-bond acceptors (Lipinski definition) is 4. The second-order valence-corrected chi connectivity index (χ2v) is 4.99. The van der Waals surface area contributed by atoms with Gasteiger partial charge in [0.05, 0.1) is 4.90 Å². The first kappa shape index (κ1) is 12.0. The molecule has 0 spiro atoms. The zero-order valence-electron chi connectivity index (χ0n) is 6.98. The van der Waals surface area contributed by atoms with Crippen molar-refractivity contribution in [1.29, 1.82) is 0 Å². The van der Waals surface area contributed by atoms with E-state index in [0.717, 1.165) is 12.1 Å². The Bertz CT molecular complexity index is 482. The Balaban J connectivity index is 3.21. The van der Waals surface area contributed by atoms with Gasteiger partial charge in [-0.15, -0.1) is 0 Å². The molecule has 0 aliphatic rings. The molecule has 1 rings (SSSR count). The van der Waals surface area contributed by atoms with E-state index in [9.17, 15) is 18.5 Å². The van der Waals surface area contributed by atoms with Crippen LogP contribution in [0.1, 0.15) is 0 Å². The highest BCUT2D eigenvalue weighted by Crippen LogP contribution is 2.21. The molecule has 0 aliphatic heterocycles. The molecule has 82 valence electrons. The SMILES string of the molecule is O=[N+]([O-])NS(=O)(=O)c1cc(Cl)cc(Cl)c1. The molecule has 6 nitrogen and oxygen atoms in total. The molecule has 1 aromatic rings. The molecule has 0 bridgehead atoms. The highest BCUT2D eigenvalue weighted by molar-refractivity contribution is 7.89. The lowest BCUT2D eigenvalue weighted by Gasteiger charge is -2.01. The molecular formula is C6H4Cl2N2O4S. The predicted octanol–water partition coefficient (Wildman–Crippen LogP) is 1.46. The number of hydrogen-bond donors (Lipinski definition) is 1. The maximum atomic E-state index is 11.3. The van der Waals surface area contributed by atoms with Gasteiger partial charge in [0, 0.05) is 10.0 Å². The predicted molar refractivity (Wildman–Crippen MR) is 53.8 cm³/mol. The van der Waals surface area contributed by atoms with Gasteiger partial charge < -0.3 is 0 Å². The van der Waals surface area contributed by atoms with Gasteiger partial charge in [0.15, 0.2) is 5.03 Å². The van der Waals surface area contributed by atoms with E-state index < -0.39 is 15.1 Å². The Morgan fingerprint density at radius 3 is 2.07 bits per heavy atom. The number of rotatable bonds is 3. The minimum Gasteiger partial charge on any atom is -0.234 e. The van der Waals surface area contributed by atoms with Gasteiger partial charge in [-0.1, -0.05) is 23.2 Å². The molecule has 0 aliphatic carbocycles. The molecular weight excluding hydrogens is 267 g/mol. The monoisotopic (exact) mass is 270 g/mol. The summed E-state index contributed by atoms with van der Waals surface area (Å²) in [5, 5.41) is 8.98. The fourth-order valence-corrected chi connectivity index (χ4v) is 2.36. The topological polar surface area (TPSA) is 89.3 Å². The second-order valence-electron chi connectivity index (χ2n) is 2.46. The molecule has 1 aromatic carbocycles. The molecule has 0 aromatic heterocycles. The van der Waals surface area contributed by atoms with Crippen LogP contribution in [0, 0.1) is 10.1 Å². The average Bonchev–Trinajstić information content (AvgIpc) is 1.99. The maximum absolute atomic E-state index is 11.3. The van der Waals surface area contributed by atoms with E-state index in [2.05, 4.69) is 0 Å². The van der Waals surface area contributed by atoms with Crippen LogP contribution in [0.25, 0.3) is 0 Å². The van der Waals surface area contributed by atoms with Gasteiger partial charge >= 0.3 is 10.0 Å². The summed E-state index contributed by atoms with van der Waals surface area (Å²) in [6.07, 6.45) is 0. The summed E-state index contributed by atoms with van der Waals surface area (Å²) in [5.74, 6) is 0. The van der Waals surface area contributed by atoms with Crippen LogP contribution in [0.4, 0.5) is 0 Å². The highest BCUT2D eigenvalue weighted by atomic mass is 35.5. The quantitative estimate of drug-likeness (QED) is 0.665. The highest BCUT2D eigenvalue weighted by Gasteiger charge is 2.20. The van der Waals surface area contributed by atoms with Crippen molar-refractivity contribution in [1.82, 2.24) is 4.83 Å². The van der Waals surface area contributed by atoms with Crippen molar-refractivity contribution in [2.24, 2.45) is 0 Å². The van der Waals surface area contributed by atoms with Crippen molar-refractivity contribution in [3.8, 4) is 0 Å². The lowest BCUT2D eigenvalue weighted by Crippen LogP contribution is -2.29. The summed E-state index contributed by atoms with van der Waals surface area (Å²) in [6.45, 7) is 0. The molecule has 0 saturated carbocycles. The van der Waals surface area contributed by atoms with Crippen molar-refractivity contribution in [2.45, 2.75) is 4.90 Å². The van der Waals surface area contributed by atoms with Crippen molar-refractivity contribution in [2.75, 3.05) is 0 Å². The number of benzene rings is 1. The molecule has 0 fully saturated rings. The zero-order chi connectivity index (χ0) is 11.6. The summed E-state index contributed by atoms with van der Waals surface area (Å²) in [4.78, 5) is 10.8. The number of sulfonamides is 1. The maximum Gasteiger partial charge on any atom is 0.311 e. The third-order valence-corrected chi connectivity index (χ3v) is 3.02. The van der Waals surface area contributed by atoms with Gasteiger partial charge in [-0.2, -0.15) is 8.42 Å². The van der Waals surface area contributed by atoms with Crippen LogP contribution in [-0.4, -0.2) is 13.5 Å². The Morgan fingerprint density at radius 1 is 1.20 bits per heavy atom. The van der Waals surface area contributed by atoms with E-state index in [4.69, 9.17) is 23.2 Å². The van der Waals surface area contributed by atoms with E-state index in [-0.39, 0.29) is 14.9 Å². The van der Waals surface area contributed by atoms with Gasteiger partial charge in [0.25, 0.3) is 0 Å². The van der Waals surface area contributed by atoms with Crippen LogP contribution in [0.2, 0.25) is 10.0 Å². The van der Waals surface area contributed by atoms with Crippen molar-refractivity contribution in [3.63, 3.8) is 0 Å². The zero-order valence-corrected chi connectivity index (χ0v) is 9.30. The van der Waals surface area contributed by atoms with E-state index in [1.54, 1.807) is 0 Å². The summed E-state index contributed by atoms with van der Waals surface area (Å²) >= 11 is 11.1. The Kier molecular flexibility index (Phi) is 3.38. The summed E-state index contributed by atoms with van der Waals surface area (Å²) in [6, 6.07) is 3.42. The number of nitrogens with one attached hydrogen (secondary N) is 1. The molecule has 0 unspecified atom stereocenters. The van der Waals surface area contributed by atoms with Gasteiger partial charge in [0.1, 0.15) is 0 Å². The molecule has 0 atom stereocenters. The van der Waals surface area contributed by atoms with Crippen LogP contribution in [0.3, 0.4) is 0 Å². The molecule has 0 heterocycles. The Hall–Kier alpha value is -1.05. The summed E-state index contributed by atoms with van der Waals surface area (Å²) in [7, 11) is -4.22. The van der Waals surface area contributed by atoms with Gasteiger partial charge in [-0.05, 0) is 23.0 Å². The standard InChI is InChI=1S/C6H4Cl2N2O4S/c7-4-1-5(8)3-6(2-4)15(13,14)9-10(11)12/h1-3,9H. The number of nitro groups is 1. The van der Waals surface area contributed by atoms with E-state index in [0.29, 0.717) is 0 Å². The van der Waals surface area contributed by atoms with Crippen molar-refractivity contribution < 1.29 is 13.5 Å². The molecule has 15 heavy (non-hydrogen) atoms. The third-order valence-electron chi connectivity index (χ3n) is 1.34. The first-order valence-corrected chi connectivity index (χ1v) is 5.68. The molecule has 9 heteroatoms. The average molecular weight is 271 g/mol. The number of hydrazine groups is 1. The second kappa shape index (κ2) is 4.21. The third kappa shape index (κ3) is 3.22. The summed E-state index contributed by atoms with van der Waals surface area (Å²) < 4.78 is 22.6. The van der Waals surface area contributed by atoms with E-state index in [1.165, 1.54) is 10.9 Å². The van der Waals surface area contributed by atoms with Gasteiger partial charge in [-0.3, -0.25) is 0 Å². The molecule has 0 saturated heterocycles. The lowest BCUT2D eigenvalue weighted by atomic mass is 10.4. The Morgan fingerprint density at radius 2 is 1.67 bits per heavy atom. The summed E-state index contributed by atoms with van der Waals surface area (Å²) in [5.41, 5.74) is 0. The minimum atomic E-state index is -4.22. The fourth-order valence-electron chi connectivity index (χ4n) is 0.835. The first-order chi connectivity index (χ1) is 6.81.